The summed E-state index contributed by atoms with van der Waals surface area (Å²) in [5.74, 6) is 1.49. The molecule has 0 aliphatic heterocycles. The standard InChI is InChI=1S/C12H20N6O2S/c1-4-5-18-10(14-8-15-18)6-17-7-11(21(13,19)20)16-12(17)9(2)3/h7-9H,4-6H2,1-3H3,(H2,13,19,20). The van der Waals surface area contributed by atoms with Crippen LogP contribution < -0.4 is 5.14 Å². The fourth-order valence-corrected chi connectivity index (χ4v) is 2.59. The van der Waals surface area contributed by atoms with E-state index in [0.29, 0.717) is 12.4 Å². The van der Waals surface area contributed by atoms with Gasteiger partial charge in [0.25, 0.3) is 10.0 Å². The van der Waals surface area contributed by atoms with Gasteiger partial charge in [0.05, 0.1) is 6.54 Å². The summed E-state index contributed by atoms with van der Waals surface area (Å²) in [6.07, 6.45) is 3.90. The average Bonchev–Trinajstić information content (AvgIpc) is 2.97. The largest absolute Gasteiger partial charge is 0.326 e. The molecule has 116 valence electrons. The molecule has 0 unspecified atom stereocenters. The van der Waals surface area contributed by atoms with E-state index in [1.807, 2.05) is 13.8 Å². The molecule has 0 aromatic carbocycles. The van der Waals surface area contributed by atoms with E-state index in [2.05, 4.69) is 22.0 Å². The normalized spacial score (nSPS) is 12.2. The van der Waals surface area contributed by atoms with Gasteiger partial charge in [0.2, 0.25) is 0 Å². The number of imidazole rings is 1. The summed E-state index contributed by atoms with van der Waals surface area (Å²) < 4.78 is 26.5. The number of sulfonamides is 1. The van der Waals surface area contributed by atoms with Gasteiger partial charge in [-0.1, -0.05) is 20.8 Å². The monoisotopic (exact) mass is 312 g/mol. The highest BCUT2D eigenvalue weighted by atomic mass is 32.2. The molecule has 0 aliphatic rings. The second kappa shape index (κ2) is 5.94. The SMILES string of the molecule is CCCn1ncnc1Cn1cc(S(N)(=O)=O)nc1C(C)C. The Hall–Kier alpha value is -1.74. The Morgan fingerprint density at radius 3 is 2.67 bits per heavy atom. The van der Waals surface area contributed by atoms with E-state index >= 15 is 0 Å². The van der Waals surface area contributed by atoms with Crippen LogP contribution in [0.25, 0.3) is 0 Å². The first-order chi connectivity index (χ1) is 9.82. The van der Waals surface area contributed by atoms with E-state index < -0.39 is 10.0 Å². The maximum atomic E-state index is 11.5. The van der Waals surface area contributed by atoms with E-state index in [1.54, 1.807) is 9.25 Å². The van der Waals surface area contributed by atoms with Crippen molar-refractivity contribution < 1.29 is 8.42 Å². The van der Waals surface area contributed by atoms with Crippen LogP contribution in [0.5, 0.6) is 0 Å². The second-order valence-corrected chi connectivity index (χ2v) is 6.67. The van der Waals surface area contributed by atoms with Crippen molar-refractivity contribution in [3.63, 3.8) is 0 Å². The zero-order valence-electron chi connectivity index (χ0n) is 12.4. The first-order valence-electron chi connectivity index (χ1n) is 6.79. The molecule has 0 atom stereocenters. The minimum Gasteiger partial charge on any atom is -0.326 e. The second-order valence-electron chi connectivity index (χ2n) is 5.16. The van der Waals surface area contributed by atoms with Crippen LogP contribution in [0.15, 0.2) is 17.6 Å². The number of nitrogens with two attached hydrogens (primary N) is 1. The van der Waals surface area contributed by atoms with Crippen molar-refractivity contribution in [1.82, 2.24) is 24.3 Å². The van der Waals surface area contributed by atoms with Crippen LogP contribution in [-0.2, 0) is 23.1 Å². The third-order valence-electron chi connectivity index (χ3n) is 3.04. The first kappa shape index (κ1) is 15.6. The van der Waals surface area contributed by atoms with Gasteiger partial charge in [-0.05, 0) is 6.42 Å². The van der Waals surface area contributed by atoms with Gasteiger partial charge in [-0.3, -0.25) is 0 Å². The van der Waals surface area contributed by atoms with Crippen LogP contribution in [0.3, 0.4) is 0 Å². The van der Waals surface area contributed by atoms with E-state index in [4.69, 9.17) is 5.14 Å². The molecule has 0 aliphatic carbocycles. The molecule has 0 saturated carbocycles. The number of primary sulfonamides is 1. The van der Waals surface area contributed by atoms with Gasteiger partial charge in [0.1, 0.15) is 18.0 Å². The van der Waals surface area contributed by atoms with Crippen molar-refractivity contribution >= 4 is 10.0 Å². The third-order valence-corrected chi connectivity index (χ3v) is 3.82. The Bertz CT molecular complexity index is 716. The molecular weight excluding hydrogens is 292 g/mol. The van der Waals surface area contributed by atoms with Crippen LogP contribution in [0.1, 0.15) is 44.8 Å². The van der Waals surface area contributed by atoms with Crippen LogP contribution >= 0.6 is 0 Å². The predicted molar refractivity (Wildman–Crippen MR) is 77.1 cm³/mol. The lowest BCUT2D eigenvalue weighted by Gasteiger charge is -2.10. The van der Waals surface area contributed by atoms with Crippen molar-refractivity contribution in [3.05, 3.63) is 24.2 Å². The summed E-state index contributed by atoms with van der Waals surface area (Å²) >= 11 is 0. The molecule has 2 N–H and O–H groups in total. The maximum Gasteiger partial charge on any atom is 0.257 e. The zero-order chi connectivity index (χ0) is 15.6. The molecule has 0 bridgehead atoms. The lowest BCUT2D eigenvalue weighted by atomic mass is 10.2. The van der Waals surface area contributed by atoms with Gasteiger partial charge in [0.15, 0.2) is 5.03 Å². The number of hydrogen-bond donors (Lipinski definition) is 1. The van der Waals surface area contributed by atoms with Crippen LogP contribution in [-0.4, -0.2) is 32.7 Å². The molecule has 0 radical (unpaired) electrons. The Morgan fingerprint density at radius 1 is 1.38 bits per heavy atom. The molecule has 0 amide bonds. The van der Waals surface area contributed by atoms with Gasteiger partial charge < -0.3 is 4.57 Å². The van der Waals surface area contributed by atoms with E-state index in [-0.39, 0.29) is 10.9 Å². The summed E-state index contributed by atoms with van der Waals surface area (Å²) in [5.41, 5.74) is 0. The van der Waals surface area contributed by atoms with Crippen molar-refractivity contribution in [2.45, 2.75) is 51.2 Å². The third kappa shape index (κ3) is 3.48. The van der Waals surface area contributed by atoms with Gasteiger partial charge >= 0.3 is 0 Å². The molecule has 2 aromatic heterocycles. The number of rotatable bonds is 6. The Kier molecular flexibility index (Phi) is 4.43. The number of aromatic nitrogens is 5. The molecule has 8 nitrogen and oxygen atoms in total. The van der Waals surface area contributed by atoms with Crippen LogP contribution in [0.4, 0.5) is 0 Å². The van der Waals surface area contributed by atoms with Gasteiger partial charge in [0, 0.05) is 18.7 Å². The molecule has 0 saturated heterocycles. The quantitative estimate of drug-likeness (QED) is 0.844. The number of nitrogens with zero attached hydrogens (tertiary/aromatic N) is 5. The Morgan fingerprint density at radius 2 is 2.10 bits per heavy atom. The smallest absolute Gasteiger partial charge is 0.257 e. The fourth-order valence-electron chi connectivity index (χ4n) is 2.09. The number of aryl methyl sites for hydroxylation is 1. The molecule has 21 heavy (non-hydrogen) atoms. The average molecular weight is 312 g/mol. The zero-order valence-corrected chi connectivity index (χ0v) is 13.2. The van der Waals surface area contributed by atoms with E-state index in [1.165, 1.54) is 12.5 Å². The van der Waals surface area contributed by atoms with Crippen molar-refractivity contribution in [3.8, 4) is 0 Å². The molecule has 2 heterocycles. The molecular formula is C12H20N6O2S. The number of hydrogen-bond acceptors (Lipinski definition) is 5. The highest BCUT2D eigenvalue weighted by Crippen LogP contribution is 2.17. The van der Waals surface area contributed by atoms with Crippen molar-refractivity contribution in [2.75, 3.05) is 0 Å². The molecule has 0 fully saturated rings. The molecule has 2 aromatic rings. The topological polar surface area (TPSA) is 109 Å². The van der Waals surface area contributed by atoms with Gasteiger partial charge in [-0.2, -0.15) is 5.10 Å². The van der Waals surface area contributed by atoms with Gasteiger partial charge in [-0.15, -0.1) is 0 Å². The summed E-state index contributed by atoms with van der Waals surface area (Å²) in [5, 5.41) is 9.20. The maximum absolute atomic E-state index is 11.5. The van der Waals surface area contributed by atoms with E-state index in [0.717, 1.165) is 18.8 Å². The van der Waals surface area contributed by atoms with E-state index in [9.17, 15) is 8.42 Å². The Balaban J connectivity index is 2.39. The van der Waals surface area contributed by atoms with Crippen molar-refractivity contribution in [1.29, 1.82) is 0 Å². The summed E-state index contributed by atoms with van der Waals surface area (Å²) in [4.78, 5) is 8.35. The summed E-state index contributed by atoms with van der Waals surface area (Å²) in [7, 11) is -3.81. The van der Waals surface area contributed by atoms with Crippen LogP contribution in [0, 0.1) is 0 Å². The first-order valence-corrected chi connectivity index (χ1v) is 8.34. The summed E-state index contributed by atoms with van der Waals surface area (Å²) in [6.45, 7) is 7.13. The highest BCUT2D eigenvalue weighted by molar-refractivity contribution is 7.89. The molecule has 9 heteroatoms. The lowest BCUT2D eigenvalue weighted by Crippen LogP contribution is -2.13. The Labute approximate surface area is 124 Å². The predicted octanol–water partition coefficient (Wildman–Crippen LogP) is 0.704. The fraction of sp³-hybridized carbons (Fsp3) is 0.583. The molecule has 2 rings (SSSR count). The summed E-state index contributed by atoms with van der Waals surface area (Å²) in [6, 6.07) is 0. The van der Waals surface area contributed by atoms with Gasteiger partial charge in [-0.25, -0.2) is 28.2 Å². The van der Waals surface area contributed by atoms with Crippen LogP contribution in [0.2, 0.25) is 0 Å². The minimum atomic E-state index is -3.81. The van der Waals surface area contributed by atoms with Crippen molar-refractivity contribution in [2.24, 2.45) is 5.14 Å². The minimum absolute atomic E-state index is 0.0723. The molecule has 0 spiro atoms. The highest BCUT2D eigenvalue weighted by Gasteiger charge is 2.19. The lowest BCUT2D eigenvalue weighted by molar-refractivity contribution is 0.544.